The average molecular weight is 408 g/mol. The SMILES string of the molecule is CCn1c(=O)c(CNc2ccc(N3CCC(O)CC3)cc2)cc2cc(OC)ccc21. The van der Waals surface area contributed by atoms with Crippen molar-refractivity contribution in [2.24, 2.45) is 0 Å². The van der Waals surface area contributed by atoms with Gasteiger partial charge >= 0.3 is 0 Å². The van der Waals surface area contributed by atoms with E-state index in [9.17, 15) is 9.90 Å². The van der Waals surface area contributed by atoms with Gasteiger partial charge in [0.25, 0.3) is 5.56 Å². The number of benzene rings is 2. The number of nitrogens with zero attached hydrogens (tertiary/aromatic N) is 2. The van der Waals surface area contributed by atoms with Crippen molar-refractivity contribution in [1.29, 1.82) is 0 Å². The van der Waals surface area contributed by atoms with E-state index in [4.69, 9.17) is 4.74 Å². The summed E-state index contributed by atoms with van der Waals surface area (Å²) < 4.78 is 7.15. The van der Waals surface area contributed by atoms with Crippen LogP contribution in [0.4, 0.5) is 11.4 Å². The van der Waals surface area contributed by atoms with E-state index < -0.39 is 0 Å². The van der Waals surface area contributed by atoms with E-state index in [1.54, 1.807) is 11.7 Å². The zero-order valence-electron chi connectivity index (χ0n) is 17.6. The van der Waals surface area contributed by atoms with Crippen molar-refractivity contribution >= 4 is 22.3 Å². The molecule has 1 fully saturated rings. The second-order valence-corrected chi connectivity index (χ2v) is 7.76. The monoisotopic (exact) mass is 407 g/mol. The molecule has 0 aliphatic carbocycles. The van der Waals surface area contributed by atoms with E-state index in [0.29, 0.717) is 13.1 Å². The minimum absolute atomic E-state index is 0.0335. The van der Waals surface area contributed by atoms with Gasteiger partial charge in [0.05, 0.1) is 18.7 Å². The van der Waals surface area contributed by atoms with Crippen LogP contribution >= 0.6 is 0 Å². The van der Waals surface area contributed by atoms with Crippen LogP contribution < -0.4 is 20.5 Å². The average Bonchev–Trinajstić information content (AvgIpc) is 2.78. The molecule has 1 aliphatic rings. The van der Waals surface area contributed by atoms with Gasteiger partial charge in [0.2, 0.25) is 0 Å². The molecule has 0 saturated carbocycles. The van der Waals surface area contributed by atoms with E-state index in [-0.39, 0.29) is 11.7 Å². The highest BCUT2D eigenvalue weighted by Gasteiger charge is 2.17. The summed E-state index contributed by atoms with van der Waals surface area (Å²) in [6.45, 7) is 4.83. The maximum Gasteiger partial charge on any atom is 0.256 e. The number of piperidine rings is 1. The summed E-state index contributed by atoms with van der Waals surface area (Å²) in [4.78, 5) is 15.2. The summed E-state index contributed by atoms with van der Waals surface area (Å²) in [7, 11) is 1.65. The number of anilines is 2. The molecule has 2 N–H and O–H groups in total. The molecule has 6 nitrogen and oxygen atoms in total. The summed E-state index contributed by atoms with van der Waals surface area (Å²) in [5.41, 5.74) is 3.82. The fraction of sp³-hybridized carbons (Fsp3) is 0.375. The Kier molecular flexibility index (Phi) is 5.95. The Hall–Kier alpha value is -2.99. The largest absolute Gasteiger partial charge is 0.497 e. The lowest BCUT2D eigenvalue weighted by atomic mass is 10.1. The van der Waals surface area contributed by atoms with Gasteiger partial charge in [-0.2, -0.15) is 0 Å². The van der Waals surface area contributed by atoms with E-state index in [0.717, 1.165) is 53.8 Å². The molecule has 30 heavy (non-hydrogen) atoms. The first kappa shape index (κ1) is 20.3. The molecule has 0 amide bonds. The highest BCUT2D eigenvalue weighted by Crippen LogP contribution is 2.23. The van der Waals surface area contributed by atoms with Gasteiger partial charge in [-0.3, -0.25) is 4.79 Å². The maximum absolute atomic E-state index is 12.9. The number of methoxy groups -OCH3 is 1. The van der Waals surface area contributed by atoms with Crippen LogP contribution in [0.5, 0.6) is 5.75 Å². The van der Waals surface area contributed by atoms with Crippen molar-refractivity contribution in [2.45, 2.75) is 39.0 Å². The van der Waals surface area contributed by atoms with E-state index in [2.05, 4.69) is 22.3 Å². The fourth-order valence-corrected chi connectivity index (χ4v) is 4.11. The molecular weight excluding hydrogens is 378 g/mol. The predicted molar refractivity (Wildman–Crippen MR) is 122 cm³/mol. The number of aromatic nitrogens is 1. The van der Waals surface area contributed by atoms with Crippen LogP contribution in [-0.2, 0) is 13.1 Å². The van der Waals surface area contributed by atoms with Gasteiger partial charge in [-0.25, -0.2) is 0 Å². The second kappa shape index (κ2) is 8.79. The third kappa shape index (κ3) is 4.14. The number of hydrogen-bond donors (Lipinski definition) is 2. The predicted octanol–water partition coefficient (Wildman–Crippen LogP) is 3.60. The van der Waals surface area contributed by atoms with Crippen LogP contribution in [0, 0.1) is 0 Å². The maximum atomic E-state index is 12.9. The molecular formula is C24H29N3O3. The smallest absolute Gasteiger partial charge is 0.256 e. The summed E-state index contributed by atoms with van der Waals surface area (Å²) in [5, 5.41) is 14.1. The minimum atomic E-state index is -0.170. The molecule has 0 bridgehead atoms. The number of rotatable bonds is 6. The molecule has 6 heteroatoms. The number of pyridine rings is 1. The van der Waals surface area contributed by atoms with Crippen molar-refractivity contribution in [1.82, 2.24) is 4.57 Å². The first-order chi connectivity index (χ1) is 14.6. The Bertz CT molecular complexity index is 1070. The molecule has 3 aromatic rings. The molecule has 0 spiro atoms. The van der Waals surface area contributed by atoms with Crippen molar-refractivity contribution in [3.8, 4) is 5.75 Å². The second-order valence-electron chi connectivity index (χ2n) is 7.76. The Morgan fingerprint density at radius 3 is 2.50 bits per heavy atom. The highest BCUT2D eigenvalue weighted by atomic mass is 16.5. The van der Waals surface area contributed by atoms with Crippen LogP contribution in [0.1, 0.15) is 25.3 Å². The first-order valence-corrected chi connectivity index (χ1v) is 10.6. The molecule has 2 heterocycles. The number of nitrogens with one attached hydrogen (secondary N) is 1. The van der Waals surface area contributed by atoms with Crippen molar-refractivity contribution in [3.05, 3.63) is 64.4 Å². The number of aliphatic hydroxyl groups excluding tert-OH is 1. The van der Waals surface area contributed by atoms with Gasteiger partial charge in [0.1, 0.15) is 5.75 Å². The lowest BCUT2D eigenvalue weighted by molar-refractivity contribution is 0.145. The number of aryl methyl sites for hydroxylation is 1. The van der Waals surface area contributed by atoms with Gasteiger partial charge in [0, 0.05) is 48.5 Å². The summed E-state index contributed by atoms with van der Waals surface area (Å²) >= 11 is 0. The normalized spacial score (nSPS) is 14.8. The minimum Gasteiger partial charge on any atom is -0.497 e. The van der Waals surface area contributed by atoms with Crippen LogP contribution in [-0.4, -0.2) is 36.0 Å². The molecule has 1 aromatic heterocycles. The number of hydrogen-bond acceptors (Lipinski definition) is 5. The Morgan fingerprint density at radius 1 is 1.10 bits per heavy atom. The van der Waals surface area contributed by atoms with Crippen LogP contribution in [0.15, 0.2) is 53.3 Å². The fourth-order valence-electron chi connectivity index (χ4n) is 4.11. The first-order valence-electron chi connectivity index (χ1n) is 10.6. The molecule has 158 valence electrons. The Morgan fingerprint density at radius 2 is 1.83 bits per heavy atom. The van der Waals surface area contributed by atoms with Crippen molar-refractivity contribution in [2.75, 3.05) is 30.4 Å². The lowest BCUT2D eigenvalue weighted by Crippen LogP contribution is -2.35. The van der Waals surface area contributed by atoms with Gasteiger partial charge in [-0.05, 0) is 68.3 Å². The number of aliphatic hydroxyl groups is 1. The van der Waals surface area contributed by atoms with Gasteiger partial charge in [-0.15, -0.1) is 0 Å². The van der Waals surface area contributed by atoms with Gasteiger partial charge < -0.3 is 24.6 Å². The zero-order valence-corrected chi connectivity index (χ0v) is 17.6. The van der Waals surface area contributed by atoms with Crippen LogP contribution in [0.3, 0.4) is 0 Å². The Balaban J connectivity index is 1.51. The number of ether oxygens (including phenoxy) is 1. The molecule has 0 unspecified atom stereocenters. The van der Waals surface area contributed by atoms with E-state index in [1.807, 2.05) is 43.3 Å². The molecule has 1 saturated heterocycles. The number of fused-ring (bicyclic) bond motifs is 1. The van der Waals surface area contributed by atoms with E-state index >= 15 is 0 Å². The quantitative estimate of drug-likeness (QED) is 0.654. The van der Waals surface area contributed by atoms with Gasteiger partial charge in [-0.1, -0.05) is 0 Å². The molecule has 0 atom stereocenters. The van der Waals surface area contributed by atoms with Crippen molar-refractivity contribution < 1.29 is 9.84 Å². The van der Waals surface area contributed by atoms with Gasteiger partial charge in [0.15, 0.2) is 0 Å². The third-order valence-electron chi connectivity index (χ3n) is 5.87. The molecule has 4 rings (SSSR count). The molecule has 2 aromatic carbocycles. The van der Waals surface area contributed by atoms with Crippen LogP contribution in [0.25, 0.3) is 10.9 Å². The summed E-state index contributed by atoms with van der Waals surface area (Å²) in [6.07, 6.45) is 1.46. The highest BCUT2D eigenvalue weighted by molar-refractivity contribution is 5.81. The Labute approximate surface area is 176 Å². The summed E-state index contributed by atoms with van der Waals surface area (Å²) in [5.74, 6) is 0.781. The topological polar surface area (TPSA) is 66.7 Å². The molecule has 0 radical (unpaired) electrons. The van der Waals surface area contributed by atoms with Crippen LogP contribution in [0.2, 0.25) is 0 Å². The van der Waals surface area contributed by atoms with Crippen molar-refractivity contribution in [3.63, 3.8) is 0 Å². The zero-order chi connectivity index (χ0) is 21.1. The van der Waals surface area contributed by atoms with E-state index in [1.165, 1.54) is 5.69 Å². The lowest BCUT2D eigenvalue weighted by Gasteiger charge is -2.31. The standard InChI is InChI=1S/C24H29N3O3/c1-3-27-23-9-8-22(30-2)15-17(23)14-18(24(27)29)16-25-19-4-6-20(7-5-19)26-12-10-21(28)11-13-26/h4-9,14-15,21,25,28H,3,10-13,16H2,1-2H3. The summed E-state index contributed by atoms with van der Waals surface area (Å²) in [6, 6.07) is 16.0. The third-order valence-corrected chi connectivity index (χ3v) is 5.87. The molecule has 1 aliphatic heterocycles.